The van der Waals surface area contributed by atoms with Crippen LogP contribution in [0.15, 0.2) is 48.5 Å². The number of rotatable bonds is 11. The Labute approximate surface area is 205 Å². The van der Waals surface area contributed by atoms with E-state index in [1.807, 2.05) is 36.4 Å². The molecule has 1 fully saturated rings. The minimum absolute atomic E-state index is 0.0121. The van der Waals surface area contributed by atoms with Crippen molar-refractivity contribution >= 4 is 18.0 Å². The zero-order chi connectivity index (χ0) is 24.6. The summed E-state index contributed by atoms with van der Waals surface area (Å²) in [5, 5.41) is 14.4. The van der Waals surface area contributed by atoms with Crippen LogP contribution < -0.4 is 10.6 Å². The van der Waals surface area contributed by atoms with E-state index in [2.05, 4.69) is 22.8 Å². The van der Waals surface area contributed by atoms with E-state index in [-0.39, 0.29) is 25.4 Å². The molecule has 1 saturated heterocycles. The summed E-state index contributed by atoms with van der Waals surface area (Å²) in [6.45, 7) is 2.14. The van der Waals surface area contributed by atoms with Crippen molar-refractivity contribution in [1.82, 2.24) is 10.6 Å². The summed E-state index contributed by atoms with van der Waals surface area (Å²) in [5.41, 5.74) is 4.43. The second-order valence-electron chi connectivity index (χ2n) is 9.12. The molecule has 0 radical (unpaired) electrons. The fraction of sp³-hybridized carbons (Fsp3) is 0.444. The van der Waals surface area contributed by atoms with Gasteiger partial charge in [0.2, 0.25) is 5.91 Å². The topological polar surface area (TPSA) is 114 Å². The van der Waals surface area contributed by atoms with Crippen molar-refractivity contribution in [3.63, 3.8) is 0 Å². The van der Waals surface area contributed by atoms with Gasteiger partial charge in [0.1, 0.15) is 12.6 Å². The minimum atomic E-state index is -1.03. The van der Waals surface area contributed by atoms with Gasteiger partial charge in [0.15, 0.2) is 0 Å². The monoisotopic (exact) mass is 480 g/mol. The number of carboxylic acids is 1. The number of nitrogens with one attached hydrogen (secondary N) is 2. The predicted octanol–water partition coefficient (Wildman–Crippen LogP) is 3.69. The normalized spacial score (nSPS) is 17.3. The van der Waals surface area contributed by atoms with Gasteiger partial charge in [0, 0.05) is 32.1 Å². The summed E-state index contributed by atoms with van der Waals surface area (Å²) in [5.74, 6) is -1.01. The highest BCUT2D eigenvalue weighted by Crippen LogP contribution is 2.44. The molecule has 0 aromatic heterocycles. The van der Waals surface area contributed by atoms with Gasteiger partial charge >= 0.3 is 12.1 Å². The summed E-state index contributed by atoms with van der Waals surface area (Å²) in [6.07, 6.45) is 1.82. The maximum atomic E-state index is 12.7. The smallest absolute Gasteiger partial charge is 0.407 e. The van der Waals surface area contributed by atoms with Crippen LogP contribution in [0.2, 0.25) is 0 Å². The van der Waals surface area contributed by atoms with Crippen molar-refractivity contribution in [1.29, 1.82) is 0 Å². The molecule has 3 N–H and O–H groups in total. The van der Waals surface area contributed by atoms with E-state index >= 15 is 0 Å². The Morgan fingerprint density at radius 1 is 1.06 bits per heavy atom. The van der Waals surface area contributed by atoms with Gasteiger partial charge in [-0.05, 0) is 53.9 Å². The number of ether oxygens (including phenoxy) is 2. The number of alkyl carbamates (subject to hydrolysis) is 1. The van der Waals surface area contributed by atoms with Crippen LogP contribution in [-0.2, 0) is 19.1 Å². The van der Waals surface area contributed by atoms with E-state index in [4.69, 9.17) is 14.6 Å². The Morgan fingerprint density at radius 3 is 2.37 bits per heavy atom. The number of carboxylic acid groups (broad SMARTS) is 1. The molecule has 2 aromatic carbocycles. The maximum absolute atomic E-state index is 12.7. The zero-order valence-corrected chi connectivity index (χ0v) is 19.7. The highest BCUT2D eigenvalue weighted by molar-refractivity contribution is 5.86. The molecular formula is C27H32N2O6. The molecule has 2 atom stereocenters. The first-order valence-corrected chi connectivity index (χ1v) is 12.2. The van der Waals surface area contributed by atoms with Crippen LogP contribution in [0.5, 0.6) is 0 Å². The zero-order valence-electron chi connectivity index (χ0n) is 19.7. The van der Waals surface area contributed by atoms with E-state index in [1.54, 1.807) is 0 Å². The van der Waals surface area contributed by atoms with Crippen molar-refractivity contribution in [2.24, 2.45) is 5.92 Å². The number of amides is 2. The Morgan fingerprint density at radius 2 is 1.74 bits per heavy atom. The van der Waals surface area contributed by atoms with Crippen molar-refractivity contribution in [2.45, 2.75) is 44.1 Å². The molecule has 2 aromatic rings. The van der Waals surface area contributed by atoms with E-state index < -0.39 is 24.0 Å². The molecule has 0 spiro atoms. The molecule has 1 aliphatic carbocycles. The number of carbonyl (C=O) groups excluding carboxylic acids is 2. The van der Waals surface area contributed by atoms with E-state index in [9.17, 15) is 14.4 Å². The van der Waals surface area contributed by atoms with Crippen LogP contribution >= 0.6 is 0 Å². The second kappa shape index (κ2) is 11.8. The molecule has 8 nitrogen and oxygen atoms in total. The highest BCUT2D eigenvalue weighted by atomic mass is 16.5. The predicted molar refractivity (Wildman–Crippen MR) is 130 cm³/mol. The van der Waals surface area contributed by atoms with Crippen LogP contribution in [0.4, 0.5) is 4.79 Å². The van der Waals surface area contributed by atoms with Crippen molar-refractivity contribution in [3.05, 3.63) is 59.7 Å². The average Bonchev–Trinajstić information content (AvgIpc) is 3.49. The summed E-state index contributed by atoms with van der Waals surface area (Å²) in [6, 6.07) is 15.1. The largest absolute Gasteiger partial charge is 0.481 e. The molecule has 1 heterocycles. The lowest BCUT2D eigenvalue weighted by Gasteiger charge is -2.19. The lowest BCUT2D eigenvalue weighted by Crippen LogP contribution is -2.47. The summed E-state index contributed by atoms with van der Waals surface area (Å²) in [7, 11) is 0. The van der Waals surface area contributed by atoms with Crippen LogP contribution in [0, 0.1) is 5.92 Å². The Balaban J connectivity index is 1.31. The van der Waals surface area contributed by atoms with E-state index in [0.717, 1.165) is 54.7 Å². The van der Waals surface area contributed by atoms with Gasteiger partial charge in [-0.15, -0.1) is 0 Å². The van der Waals surface area contributed by atoms with Gasteiger partial charge < -0.3 is 25.2 Å². The molecule has 186 valence electrons. The Hall–Kier alpha value is -3.39. The SMILES string of the molecule is O=C(O)CCC(NC(=O)OCC1c2ccccc2-c2ccccc21)C(=O)NCCCC1CCOC1. The second-order valence-corrected chi connectivity index (χ2v) is 9.12. The number of carbonyl (C=O) groups is 3. The quantitative estimate of drug-likeness (QED) is 0.423. The molecule has 2 aliphatic rings. The van der Waals surface area contributed by atoms with Gasteiger partial charge in [-0.3, -0.25) is 9.59 Å². The fourth-order valence-electron chi connectivity index (χ4n) is 4.86. The van der Waals surface area contributed by atoms with Crippen LogP contribution in [0.25, 0.3) is 11.1 Å². The lowest BCUT2D eigenvalue weighted by molar-refractivity contribution is -0.137. The molecule has 8 heteroatoms. The van der Waals surface area contributed by atoms with Crippen LogP contribution in [-0.4, -0.2) is 55.5 Å². The number of fused-ring (bicyclic) bond motifs is 3. The third-order valence-corrected chi connectivity index (χ3v) is 6.71. The van der Waals surface area contributed by atoms with Gasteiger partial charge in [-0.1, -0.05) is 48.5 Å². The first-order chi connectivity index (χ1) is 17.0. The van der Waals surface area contributed by atoms with E-state index in [0.29, 0.717) is 12.5 Å². The minimum Gasteiger partial charge on any atom is -0.481 e. The molecule has 1 aliphatic heterocycles. The van der Waals surface area contributed by atoms with E-state index in [1.165, 1.54) is 0 Å². The number of hydrogen-bond acceptors (Lipinski definition) is 5. The first-order valence-electron chi connectivity index (χ1n) is 12.2. The molecule has 0 bridgehead atoms. The Bertz CT molecular complexity index is 1000. The third-order valence-electron chi connectivity index (χ3n) is 6.71. The maximum Gasteiger partial charge on any atom is 0.407 e. The average molecular weight is 481 g/mol. The van der Waals surface area contributed by atoms with Crippen molar-refractivity contribution in [2.75, 3.05) is 26.4 Å². The number of hydrogen-bond donors (Lipinski definition) is 3. The van der Waals surface area contributed by atoms with Gasteiger partial charge in [0.05, 0.1) is 0 Å². The molecule has 0 saturated carbocycles. The number of benzene rings is 2. The van der Waals surface area contributed by atoms with Gasteiger partial charge in [-0.25, -0.2) is 4.79 Å². The van der Waals surface area contributed by atoms with Gasteiger partial charge in [0.25, 0.3) is 0 Å². The van der Waals surface area contributed by atoms with Crippen molar-refractivity contribution < 1.29 is 29.0 Å². The highest BCUT2D eigenvalue weighted by Gasteiger charge is 2.30. The van der Waals surface area contributed by atoms with Gasteiger partial charge in [-0.2, -0.15) is 0 Å². The van der Waals surface area contributed by atoms with Crippen molar-refractivity contribution in [3.8, 4) is 11.1 Å². The fourth-order valence-corrected chi connectivity index (χ4v) is 4.86. The molecule has 2 unspecified atom stereocenters. The van der Waals surface area contributed by atoms with Crippen LogP contribution in [0.3, 0.4) is 0 Å². The summed E-state index contributed by atoms with van der Waals surface area (Å²) < 4.78 is 10.9. The molecule has 2 amide bonds. The van der Waals surface area contributed by atoms with Crippen LogP contribution in [0.1, 0.15) is 49.1 Å². The lowest BCUT2D eigenvalue weighted by atomic mass is 9.98. The molecule has 35 heavy (non-hydrogen) atoms. The molecular weight excluding hydrogens is 448 g/mol. The molecule has 4 rings (SSSR count). The third kappa shape index (κ3) is 6.39. The number of aliphatic carboxylic acids is 1. The first kappa shape index (κ1) is 24.7. The summed E-state index contributed by atoms with van der Waals surface area (Å²) >= 11 is 0. The Kier molecular flexibility index (Phi) is 8.36. The standard InChI is InChI=1S/C27H32N2O6/c30-25(31)12-11-24(26(32)28-14-5-6-18-13-15-34-16-18)29-27(33)35-17-23-21-9-3-1-7-19(21)20-8-2-4-10-22(20)23/h1-4,7-10,18,23-24H,5-6,11-17H2,(H,28,32)(H,29,33)(H,30,31). The summed E-state index contributed by atoms with van der Waals surface area (Å²) in [4.78, 5) is 36.4.